The molecule has 0 bridgehead atoms. The molecule has 136 valence electrons. The van der Waals surface area contributed by atoms with Gasteiger partial charge in [-0.05, 0) is 66.7 Å². The standard InChI is InChI=1S/C19H16ClN5OS/c1-2-3-17-18(23-24-25(17)15-8-4-13(20)5-9-15)19(26)22-14-6-10-16(11-7-14)27-12-21/h4-11H,2-3H2,1H3,(H,22,26). The van der Waals surface area contributed by atoms with Gasteiger partial charge in [-0.3, -0.25) is 4.79 Å². The normalized spacial score (nSPS) is 10.4. The fourth-order valence-electron chi connectivity index (χ4n) is 2.58. The number of amides is 1. The summed E-state index contributed by atoms with van der Waals surface area (Å²) in [6.45, 7) is 2.03. The molecule has 6 nitrogen and oxygen atoms in total. The number of aromatic nitrogens is 3. The number of thioether (sulfide) groups is 1. The van der Waals surface area contributed by atoms with E-state index in [1.54, 1.807) is 41.1 Å². The molecule has 3 rings (SSSR count). The van der Waals surface area contributed by atoms with Crippen molar-refractivity contribution < 1.29 is 4.79 Å². The molecular weight excluding hydrogens is 382 g/mol. The molecule has 0 saturated carbocycles. The molecule has 3 aromatic rings. The Labute approximate surface area is 166 Å². The van der Waals surface area contributed by atoms with Gasteiger partial charge < -0.3 is 5.32 Å². The summed E-state index contributed by atoms with van der Waals surface area (Å²) >= 11 is 7.02. The van der Waals surface area contributed by atoms with Crippen LogP contribution >= 0.6 is 23.4 Å². The highest BCUT2D eigenvalue weighted by atomic mass is 35.5. The molecule has 27 heavy (non-hydrogen) atoms. The number of hydrogen-bond acceptors (Lipinski definition) is 5. The number of carbonyl (C=O) groups is 1. The van der Waals surface area contributed by atoms with Crippen molar-refractivity contribution in [2.45, 2.75) is 24.7 Å². The van der Waals surface area contributed by atoms with Crippen LogP contribution in [0.4, 0.5) is 5.69 Å². The molecule has 1 N–H and O–H groups in total. The molecule has 0 atom stereocenters. The summed E-state index contributed by atoms with van der Waals surface area (Å²) in [5, 5.41) is 22.4. The first-order valence-electron chi connectivity index (χ1n) is 8.30. The maximum Gasteiger partial charge on any atom is 0.278 e. The number of nitrogens with zero attached hydrogens (tertiary/aromatic N) is 4. The van der Waals surface area contributed by atoms with Crippen molar-refractivity contribution in [1.29, 1.82) is 5.26 Å². The molecule has 0 spiro atoms. The van der Waals surface area contributed by atoms with E-state index < -0.39 is 0 Å². The maximum atomic E-state index is 12.7. The monoisotopic (exact) mass is 397 g/mol. The second-order valence-electron chi connectivity index (χ2n) is 5.69. The van der Waals surface area contributed by atoms with Gasteiger partial charge in [0.1, 0.15) is 5.40 Å². The Hall–Kier alpha value is -2.82. The summed E-state index contributed by atoms with van der Waals surface area (Å²) in [5.74, 6) is -0.320. The Balaban J connectivity index is 1.86. The van der Waals surface area contributed by atoms with E-state index in [-0.39, 0.29) is 5.91 Å². The van der Waals surface area contributed by atoms with Gasteiger partial charge in [0, 0.05) is 15.6 Å². The van der Waals surface area contributed by atoms with Gasteiger partial charge in [0.25, 0.3) is 5.91 Å². The van der Waals surface area contributed by atoms with E-state index in [9.17, 15) is 4.79 Å². The Morgan fingerprint density at radius 1 is 1.22 bits per heavy atom. The minimum atomic E-state index is -0.320. The minimum Gasteiger partial charge on any atom is -0.321 e. The van der Waals surface area contributed by atoms with Crippen LogP contribution in [0.25, 0.3) is 5.69 Å². The molecule has 1 aromatic heterocycles. The molecule has 8 heteroatoms. The third kappa shape index (κ3) is 4.48. The van der Waals surface area contributed by atoms with E-state index in [0.717, 1.165) is 34.5 Å². The van der Waals surface area contributed by atoms with Crippen molar-refractivity contribution in [3.63, 3.8) is 0 Å². The van der Waals surface area contributed by atoms with Crippen LogP contribution in [-0.2, 0) is 6.42 Å². The highest BCUT2D eigenvalue weighted by molar-refractivity contribution is 8.03. The Kier molecular flexibility index (Phi) is 6.12. The summed E-state index contributed by atoms with van der Waals surface area (Å²) in [7, 11) is 0. The second kappa shape index (κ2) is 8.71. The molecule has 0 radical (unpaired) electrons. The van der Waals surface area contributed by atoms with Crippen LogP contribution in [0.2, 0.25) is 5.02 Å². The van der Waals surface area contributed by atoms with Gasteiger partial charge in [-0.2, -0.15) is 5.26 Å². The lowest BCUT2D eigenvalue weighted by Crippen LogP contribution is -2.15. The van der Waals surface area contributed by atoms with Crippen molar-refractivity contribution in [3.8, 4) is 11.1 Å². The SMILES string of the molecule is CCCc1c(C(=O)Nc2ccc(SC#N)cc2)nnn1-c1ccc(Cl)cc1. The predicted molar refractivity (Wildman–Crippen MR) is 106 cm³/mol. The van der Waals surface area contributed by atoms with Crippen molar-refractivity contribution >= 4 is 35.0 Å². The number of nitriles is 1. The zero-order chi connectivity index (χ0) is 19.2. The van der Waals surface area contributed by atoms with Crippen LogP contribution in [0, 0.1) is 10.7 Å². The molecule has 0 saturated heterocycles. The summed E-state index contributed by atoms with van der Waals surface area (Å²) in [6, 6.07) is 14.3. The highest BCUT2D eigenvalue weighted by Gasteiger charge is 2.20. The minimum absolute atomic E-state index is 0.294. The van der Waals surface area contributed by atoms with Crippen molar-refractivity contribution in [3.05, 3.63) is 64.9 Å². The predicted octanol–water partition coefficient (Wildman–Crippen LogP) is 4.70. The molecule has 1 amide bonds. The number of halogens is 1. The molecule has 1 heterocycles. The molecule has 0 aliphatic rings. The van der Waals surface area contributed by atoms with Crippen molar-refractivity contribution in [2.75, 3.05) is 5.32 Å². The zero-order valence-corrected chi connectivity index (χ0v) is 16.1. The van der Waals surface area contributed by atoms with Crippen molar-refractivity contribution in [2.24, 2.45) is 0 Å². The van der Waals surface area contributed by atoms with Crippen LogP contribution in [-0.4, -0.2) is 20.9 Å². The first kappa shape index (κ1) is 19.0. The van der Waals surface area contributed by atoms with E-state index in [2.05, 4.69) is 15.6 Å². The maximum absolute atomic E-state index is 12.7. The molecule has 2 aromatic carbocycles. The van der Waals surface area contributed by atoms with E-state index in [0.29, 0.717) is 22.8 Å². The highest BCUT2D eigenvalue weighted by Crippen LogP contribution is 2.21. The summed E-state index contributed by atoms with van der Waals surface area (Å²) < 4.78 is 1.67. The molecule has 0 fully saturated rings. The first-order valence-corrected chi connectivity index (χ1v) is 9.49. The van der Waals surface area contributed by atoms with Gasteiger partial charge in [-0.25, -0.2) is 4.68 Å². The molecular formula is C19H16ClN5OS. The lowest BCUT2D eigenvalue weighted by Gasteiger charge is -2.08. The molecule has 0 aliphatic heterocycles. The van der Waals surface area contributed by atoms with Crippen LogP contribution in [0.15, 0.2) is 53.4 Å². The summed E-state index contributed by atoms with van der Waals surface area (Å²) in [5.41, 5.74) is 2.47. The number of rotatable bonds is 6. The third-order valence-corrected chi connectivity index (χ3v) is 4.66. The fraction of sp³-hybridized carbons (Fsp3) is 0.158. The summed E-state index contributed by atoms with van der Waals surface area (Å²) in [6.07, 6.45) is 1.51. The largest absolute Gasteiger partial charge is 0.321 e. The van der Waals surface area contributed by atoms with Crippen LogP contribution in [0.3, 0.4) is 0 Å². The average Bonchev–Trinajstić information content (AvgIpc) is 3.08. The van der Waals surface area contributed by atoms with Crippen molar-refractivity contribution in [1.82, 2.24) is 15.0 Å². The van der Waals surface area contributed by atoms with E-state index in [1.807, 2.05) is 24.5 Å². The number of nitrogens with one attached hydrogen (secondary N) is 1. The average molecular weight is 398 g/mol. The van der Waals surface area contributed by atoms with Gasteiger partial charge in [0.2, 0.25) is 0 Å². The Bertz CT molecular complexity index is 977. The van der Waals surface area contributed by atoms with Gasteiger partial charge in [0.15, 0.2) is 5.69 Å². The lowest BCUT2D eigenvalue weighted by atomic mass is 10.2. The summed E-state index contributed by atoms with van der Waals surface area (Å²) in [4.78, 5) is 13.5. The quantitative estimate of drug-likeness (QED) is 0.481. The molecule has 0 unspecified atom stereocenters. The Morgan fingerprint density at radius 3 is 2.56 bits per heavy atom. The number of thiocyanates is 1. The van der Waals surface area contributed by atoms with Crippen LogP contribution in [0.5, 0.6) is 0 Å². The number of benzene rings is 2. The van der Waals surface area contributed by atoms with Gasteiger partial charge in [-0.1, -0.05) is 30.2 Å². The Morgan fingerprint density at radius 2 is 1.93 bits per heavy atom. The topological polar surface area (TPSA) is 83.6 Å². The van der Waals surface area contributed by atoms with E-state index in [1.165, 1.54) is 0 Å². The van der Waals surface area contributed by atoms with Gasteiger partial charge >= 0.3 is 0 Å². The number of anilines is 1. The van der Waals surface area contributed by atoms with E-state index in [4.69, 9.17) is 16.9 Å². The number of carbonyl (C=O) groups excluding carboxylic acids is 1. The van der Waals surface area contributed by atoms with Crippen LogP contribution < -0.4 is 5.32 Å². The second-order valence-corrected chi connectivity index (χ2v) is 6.99. The fourth-order valence-corrected chi connectivity index (χ4v) is 3.08. The van der Waals surface area contributed by atoms with Gasteiger partial charge in [0.05, 0.1) is 11.4 Å². The third-order valence-electron chi connectivity index (χ3n) is 3.81. The zero-order valence-electron chi connectivity index (χ0n) is 14.5. The smallest absolute Gasteiger partial charge is 0.278 e. The first-order chi connectivity index (χ1) is 13.1. The van der Waals surface area contributed by atoms with Crippen LogP contribution in [0.1, 0.15) is 29.5 Å². The van der Waals surface area contributed by atoms with Gasteiger partial charge in [-0.15, -0.1) is 5.10 Å². The van der Waals surface area contributed by atoms with E-state index >= 15 is 0 Å². The molecule has 0 aliphatic carbocycles. The lowest BCUT2D eigenvalue weighted by molar-refractivity contribution is 0.102. The number of hydrogen-bond donors (Lipinski definition) is 1.